The monoisotopic (exact) mass is 715 g/mol. The van der Waals surface area contributed by atoms with Gasteiger partial charge in [0, 0.05) is 55.9 Å². The van der Waals surface area contributed by atoms with Gasteiger partial charge in [-0.3, -0.25) is 0 Å². The van der Waals surface area contributed by atoms with E-state index in [1.54, 1.807) is 36.4 Å². The van der Waals surface area contributed by atoms with Gasteiger partial charge in [-0.25, -0.2) is 18.0 Å². The second-order valence-electron chi connectivity index (χ2n) is 14.8. The largest absolute Gasteiger partial charge is 0.460 e. The van der Waals surface area contributed by atoms with Crippen LogP contribution in [0.15, 0.2) is 82.1 Å². The second kappa shape index (κ2) is 14.7. The van der Waals surface area contributed by atoms with Crippen LogP contribution in [0.25, 0.3) is 11.0 Å². The number of nitrogens with zero attached hydrogens (tertiary/aromatic N) is 3. The average molecular weight is 716 g/mol. The van der Waals surface area contributed by atoms with Gasteiger partial charge in [0.2, 0.25) is 15.8 Å². The maximum absolute atomic E-state index is 14.5. The molecule has 272 valence electrons. The number of carbonyl (C=O) groups is 2. The number of hydrogen-bond donors (Lipinski definition) is 0. The molecular formula is C40H49N3O7S. The molecule has 6 rings (SSSR count). The number of ether oxygens (including phenoxy) is 2. The molecule has 51 heavy (non-hydrogen) atoms. The van der Waals surface area contributed by atoms with Gasteiger partial charge >= 0.3 is 12.1 Å². The first kappa shape index (κ1) is 36.4. The van der Waals surface area contributed by atoms with Crippen molar-refractivity contribution in [3.05, 3.63) is 95.2 Å². The molecule has 4 aromatic rings. The summed E-state index contributed by atoms with van der Waals surface area (Å²) in [6.07, 6.45) is 3.13. The fraction of sp³-hybridized carbons (Fsp3) is 0.450. The van der Waals surface area contributed by atoms with Crippen LogP contribution in [-0.2, 0) is 32.5 Å². The molecule has 1 aromatic heterocycles. The Hall–Kier alpha value is -4.35. The molecule has 2 fully saturated rings. The Labute approximate surface area is 301 Å². The van der Waals surface area contributed by atoms with Gasteiger partial charge in [-0.2, -0.15) is 4.31 Å². The number of anilines is 1. The van der Waals surface area contributed by atoms with Gasteiger partial charge in [0.05, 0.1) is 11.5 Å². The molecule has 10 nitrogen and oxygen atoms in total. The van der Waals surface area contributed by atoms with Gasteiger partial charge < -0.3 is 23.7 Å². The number of para-hydroxylation sites is 1. The van der Waals surface area contributed by atoms with Crippen molar-refractivity contribution >= 4 is 38.7 Å². The average Bonchev–Trinajstić information content (AvgIpc) is 3.67. The number of amides is 1. The lowest BCUT2D eigenvalue weighted by atomic mass is 9.77. The summed E-state index contributed by atoms with van der Waals surface area (Å²) in [5.74, 6) is -0.497. The molecule has 0 N–H and O–H groups in total. The van der Waals surface area contributed by atoms with Crippen LogP contribution in [0.3, 0.4) is 0 Å². The zero-order valence-corrected chi connectivity index (χ0v) is 31.1. The minimum Gasteiger partial charge on any atom is -0.460 e. The van der Waals surface area contributed by atoms with Gasteiger partial charge in [0.1, 0.15) is 11.2 Å². The molecule has 2 saturated heterocycles. The third-order valence-electron chi connectivity index (χ3n) is 10.1. The van der Waals surface area contributed by atoms with Crippen molar-refractivity contribution in [3.8, 4) is 0 Å². The molecule has 2 aliphatic heterocycles. The van der Waals surface area contributed by atoms with Crippen LogP contribution in [-0.4, -0.2) is 74.6 Å². The highest BCUT2D eigenvalue weighted by atomic mass is 32.2. The van der Waals surface area contributed by atoms with E-state index >= 15 is 0 Å². The van der Waals surface area contributed by atoms with Crippen molar-refractivity contribution in [3.63, 3.8) is 0 Å². The van der Waals surface area contributed by atoms with E-state index in [1.807, 2.05) is 74.2 Å². The summed E-state index contributed by atoms with van der Waals surface area (Å²) in [6, 6.07) is 22.7. The number of carbonyl (C=O) groups excluding carboxylic acids is 2. The van der Waals surface area contributed by atoms with Crippen LogP contribution in [0.4, 0.5) is 10.5 Å². The second-order valence-corrected chi connectivity index (χ2v) is 16.7. The van der Waals surface area contributed by atoms with E-state index in [4.69, 9.17) is 13.9 Å². The molecule has 1 spiro atoms. The van der Waals surface area contributed by atoms with E-state index < -0.39 is 21.6 Å². The summed E-state index contributed by atoms with van der Waals surface area (Å²) < 4.78 is 47.2. The Morgan fingerprint density at radius 3 is 2.33 bits per heavy atom. The van der Waals surface area contributed by atoms with E-state index in [2.05, 4.69) is 11.0 Å². The number of sulfonamides is 1. The number of esters is 1. The lowest BCUT2D eigenvalue weighted by Crippen LogP contribution is -2.43. The number of likely N-dealkylation sites (tertiary alicyclic amines) is 1. The van der Waals surface area contributed by atoms with Crippen molar-refractivity contribution in [2.75, 3.05) is 44.2 Å². The SMILES string of the molecule is CCOC(=O)c1oc2ccc(S(=O)(=O)N(CCc3ccccc3)Cc3ccccc3N3CCC4(CCN(C(=O)OC(C)(C)C)C4)CC3)cc2c1C. The van der Waals surface area contributed by atoms with Crippen molar-refractivity contribution in [1.29, 1.82) is 0 Å². The normalized spacial score (nSPS) is 16.3. The molecule has 0 bridgehead atoms. The van der Waals surface area contributed by atoms with E-state index in [9.17, 15) is 18.0 Å². The van der Waals surface area contributed by atoms with Crippen LogP contribution in [0.1, 0.15) is 74.2 Å². The highest BCUT2D eigenvalue weighted by Crippen LogP contribution is 2.42. The molecule has 0 aliphatic carbocycles. The molecule has 0 unspecified atom stereocenters. The van der Waals surface area contributed by atoms with Crippen LogP contribution < -0.4 is 4.90 Å². The van der Waals surface area contributed by atoms with Crippen molar-refractivity contribution in [2.24, 2.45) is 5.41 Å². The maximum atomic E-state index is 14.5. The topological polar surface area (TPSA) is 110 Å². The summed E-state index contributed by atoms with van der Waals surface area (Å²) in [5, 5.41) is 0.557. The standard InChI is InChI=1S/C40H49N3O7S/c1-6-48-37(44)36-29(2)33-26-32(16-17-35(33)49-36)51(46,47)43(22-18-30-12-8-7-9-13-30)27-31-14-10-11-15-34(31)41-23-19-40(20-24-41)21-25-42(28-40)38(45)50-39(3,4)5/h7-17,26H,6,18-25,27-28H2,1-5H3. The van der Waals surface area contributed by atoms with Gasteiger partial charge in [-0.15, -0.1) is 0 Å². The van der Waals surface area contributed by atoms with Crippen molar-refractivity contribution in [1.82, 2.24) is 9.21 Å². The number of fused-ring (bicyclic) bond motifs is 1. The molecule has 11 heteroatoms. The van der Waals surface area contributed by atoms with Crippen LogP contribution in [0.5, 0.6) is 0 Å². The Balaban J connectivity index is 1.24. The first-order valence-electron chi connectivity index (χ1n) is 17.8. The maximum Gasteiger partial charge on any atom is 0.410 e. The fourth-order valence-corrected chi connectivity index (χ4v) is 8.72. The third-order valence-corrected chi connectivity index (χ3v) is 11.9. The summed E-state index contributed by atoms with van der Waals surface area (Å²) in [7, 11) is -3.98. The lowest BCUT2D eigenvalue weighted by Gasteiger charge is -2.41. The first-order valence-corrected chi connectivity index (χ1v) is 19.3. The van der Waals surface area contributed by atoms with E-state index in [0.29, 0.717) is 36.0 Å². The number of aryl methyl sites for hydroxylation is 1. The number of benzene rings is 3. The van der Waals surface area contributed by atoms with Crippen LogP contribution >= 0.6 is 0 Å². The quantitative estimate of drug-likeness (QED) is 0.155. The Morgan fingerprint density at radius 1 is 0.941 bits per heavy atom. The van der Waals surface area contributed by atoms with E-state index in [0.717, 1.165) is 49.2 Å². The number of hydrogen-bond acceptors (Lipinski definition) is 8. The molecule has 0 atom stereocenters. The van der Waals surface area contributed by atoms with Crippen LogP contribution in [0, 0.1) is 12.3 Å². The Bertz CT molecular complexity index is 1980. The molecule has 0 saturated carbocycles. The molecule has 3 heterocycles. The van der Waals surface area contributed by atoms with Gasteiger partial charge in [0.25, 0.3) is 0 Å². The van der Waals surface area contributed by atoms with Gasteiger partial charge in [0.15, 0.2) is 0 Å². The Morgan fingerprint density at radius 2 is 1.63 bits per heavy atom. The van der Waals surface area contributed by atoms with Crippen LogP contribution in [0.2, 0.25) is 0 Å². The predicted molar refractivity (Wildman–Crippen MR) is 197 cm³/mol. The van der Waals surface area contributed by atoms with Crippen molar-refractivity contribution in [2.45, 2.75) is 77.3 Å². The summed E-state index contributed by atoms with van der Waals surface area (Å²) in [5.41, 5.74) is 3.50. The zero-order valence-electron chi connectivity index (χ0n) is 30.3. The highest BCUT2D eigenvalue weighted by molar-refractivity contribution is 7.89. The number of rotatable bonds is 10. The smallest absolute Gasteiger partial charge is 0.410 e. The summed E-state index contributed by atoms with van der Waals surface area (Å²) in [4.78, 5) is 29.6. The van der Waals surface area contributed by atoms with E-state index in [1.165, 1.54) is 0 Å². The summed E-state index contributed by atoms with van der Waals surface area (Å²) >= 11 is 0. The molecular weight excluding hydrogens is 667 g/mol. The molecule has 2 aliphatic rings. The van der Waals surface area contributed by atoms with Gasteiger partial charge in [-0.1, -0.05) is 48.5 Å². The molecule has 1 amide bonds. The fourth-order valence-electron chi connectivity index (χ4n) is 7.27. The highest BCUT2D eigenvalue weighted by Gasteiger charge is 2.43. The molecule has 0 radical (unpaired) electrons. The molecule has 3 aromatic carbocycles. The zero-order chi connectivity index (χ0) is 36.4. The summed E-state index contributed by atoms with van der Waals surface area (Å²) in [6.45, 7) is 12.8. The Kier molecular flexibility index (Phi) is 10.5. The number of furan rings is 1. The van der Waals surface area contributed by atoms with Gasteiger partial charge in [-0.05, 0) is 101 Å². The third kappa shape index (κ3) is 8.10. The minimum absolute atomic E-state index is 0.0599. The minimum atomic E-state index is -3.98. The first-order chi connectivity index (χ1) is 24.3. The predicted octanol–water partition coefficient (Wildman–Crippen LogP) is 7.58. The lowest BCUT2D eigenvalue weighted by molar-refractivity contribution is 0.0266. The number of piperidine rings is 1. The van der Waals surface area contributed by atoms with Crippen molar-refractivity contribution < 1.29 is 31.9 Å². The van der Waals surface area contributed by atoms with E-state index in [-0.39, 0.29) is 41.9 Å².